The number of aliphatic hydroxyl groups excluding tert-OH is 1. The number of ketones is 2. The largest absolute Gasteiger partial charge is 0.385 e. The van der Waals surface area contributed by atoms with Gasteiger partial charge in [-0.3, -0.25) is 14.4 Å². The van der Waals surface area contributed by atoms with Crippen molar-refractivity contribution in [2.75, 3.05) is 0 Å². The van der Waals surface area contributed by atoms with Crippen molar-refractivity contribution in [1.82, 2.24) is 5.32 Å². The molecule has 1 spiro atoms. The van der Waals surface area contributed by atoms with E-state index in [-0.39, 0.29) is 35.5 Å². The number of amides is 1. The highest BCUT2D eigenvalue weighted by Gasteiger charge is 2.64. The van der Waals surface area contributed by atoms with Crippen molar-refractivity contribution in [1.29, 1.82) is 0 Å². The topological polar surface area (TPSA) is 83.5 Å². The number of aliphatic hydroxyl groups is 1. The average molecular weight is 400 g/mol. The van der Waals surface area contributed by atoms with Crippen molar-refractivity contribution >= 4 is 17.5 Å². The number of allylic oxidation sites excluding steroid dienone is 5. The molecule has 6 atom stereocenters. The minimum absolute atomic E-state index is 0.0754. The first-order chi connectivity index (χ1) is 13.6. The smallest absolute Gasteiger partial charge is 0.235 e. The fraction of sp³-hybridized carbons (Fsp3) is 0.625. The van der Waals surface area contributed by atoms with Crippen LogP contribution in [0.3, 0.4) is 0 Å². The summed E-state index contributed by atoms with van der Waals surface area (Å²) in [6.07, 6.45) is 7.00. The van der Waals surface area contributed by atoms with Gasteiger partial charge in [-0.1, -0.05) is 44.1 Å². The number of hydrogen-bond donors (Lipinski definition) is 2. The van der Waals surface area contributed by atoms with Crippen LogP contribution < -0.4 is 5.32 Å². The van der Waals surface area contributed by atoms with Crippen LogP contribution in [0.1, 0.15) is 53.9 Å². The number of hydrogen-bond acceptors (Lipinski definition) is 4. The summed E-state index contributed by atoms with van der Waals surface area (Å²) in [4.78, 5) is 39.3. The Balaban J connectivity index is 2.21. The molecule has 2 aliphatic carbocycles. The van der Waals surface area contributed by atoms with Gasteiger partial charge in [0.05, 0.1) is 0 Å². The monoisotopic (exact) mass is 399 g/mol. The van der Waals surface area contributed by atoms with Crippen molar-refractivity contribution in [3.63, 3.8) is 0 Å². The van der Waals surface area contributed by atoms with Crippen LogP contribution in [0.5, 0.6) is 0 Å². The molecule has 29 heavy (non-hydrogen) atoms. The van der Waals surface area contributed by atoms with Gasteiger partial charge in [0, 0.05) is 17.9 Å². The maximum Gasteiger partial charge on any atom is 0.235 e. The van der Waals surface area contributed by atoms with Gasteiger partial charge in [0.1, 0.15) is 11.5 Å². The summed E-state index contributed by atoms with van der Waals surface area (Å²) < 4.78 is 0. The van der Waals surface area contributed by atoms with Crippen LogP contribution in [0.25, 0.3) is 0 Å². The van der Waals surface area contributed by atoms with Crippen LogP contribution in [0.2, 0.25) is 0 Å². The summed E-state index contributed by atoms with van der Waals surface area (Å²) in [5.74, 6) is -1.12. The molecule has 5 nitrogen and oxygen atoms in total. The molecule has 0 saturated carbocycles. The van der Waals surface area contributed by atoms with Crippen LogP contribution in [-0.2, 0) is 14.4 Å². The molecule has 1 heterocycles. The Kier molecular flexibility index (Phi) is 6.00. The lowest BCUT2D eigenvalue weighted by Gasteiger charge is -2.44. The van der Waals surface area contributed by atoms with Gasteiger partial charge in [-0.15, -0.1) is 0 Å². The lowest BCUT2D eigenvalue weighted by molar-refractivity contribution is -0.142. The van der Waals surface area contributed by atoms with E-state index in [4.69, 9.17) is 0 Å². The normalized spacial score (nSPS) is 40.9. The Morgan fingerprint density at radius 1 is 1.17 bits per heavy atom. The van der Waals surface area contributed by atoms with E-state index in [2.05, 4.69) is 39.1 Å². The van der Waals surface area contributed by atoms with Crippen LogP contribution in [0.15, 0.2) is 35.5 Å². The van der Waals surface area contributed by atoms with Gasteiger partial charge < -0.3 is 10.4 Å². The van der Waals surface area contributed by atoms with Gasteiger partial charge in [0.25, 0.3) is 0 Å². The first kappa shape index (κ1) is 21.7. The van der Waals surface area contributed by atoms with Crippen LogP contribution in [0.4, 0.5) is 0 Å². The van der Waals surface area contributed by atoms with Crippen molar-refractivity contribution in [2.24, 2.45) is 29.1 Å². The molecule has 2 N–H and O–H groups in total. The highest BCUT2D eigenvalue weighted by atomic mass is 16.3. The second-order valence-electron chi connectivity index (χ2n) is 9.50. The van der Waals surface area contributed by atoms with Gasteiger partial charge in [-0.2, -0.15) is 0 Å². The first-order valence-electron chi connectivity index (χ1n) is 10.7. The van der Waals surface area contributed by atoms with Gasteiger partial charge in [-0.05, 0) is 57.1 Å². The first-order valence-corrected chi connectivity index (χ1v) is 10.7. The van der Waals surface area contributed by atoms with Crippen molar-refractivity contribution < 1.29 is 19.5 Å². The van der Waals surface area contributed by atoms with E-state index in [9.17, 15) is 19.5 Å². The molecule has 1 aliphatic heterocycles. The molecule has 0 aromatic rings. The summed E-state index contributed by atoms with van der Waals surface area (Å²) in [5, 5.41) is 13.2. The van der Waals surface area contributed by atoms with Crippen LogP contribution in [0, 0.1) is 29.1 Å². The molecule has 1 fully saturated rings. The maximum atomic E-state index is 13.6. The Morgan fingerprint density at radius 2 is 1.86 bits per heavy atom. The zero-order valence-electron chi connectivity index (χ0n) is 18.1. The van der Waals surface area contributed by atoms with Gasteiger partial charge in [-0.25, -0.2) is 0 Å². The predicted molar refractivity (Wildman–Crippen MR) is 112 cm³/mol. The Morgan fingerprint density at radius 3 is 2.52 bits per heavy atom. The lowest BCUT2D eigenvalue weighted by Crippen LogP contribution is -2.51. The van der Waals surface area contributed by atoms with Gasteiger partial charge in [0.2, 0.25) is 5.91 Å². The molecular weight excluding hydrogens is 366 g/mol. The molecule has 0 bridgehead atoms. The number of rotatable bonds is 2. The zero-order valence-corrected chi connectivity index (χ0v) is 18.1. The fourth-order valence-electron chi connectivity index (χ4n) is 5.45. The molecular formula is C24H33NO4. The second-order valence-corrected chi connectivity index (χ2v) is 9.50. The van der Waals surface area contributed by atoms with E-state index in [1.165, 1.54) is 11.6 Å². The minimum atomic E-state index is -1.24. The lowest BCUT2D eigenvalue weighted by atomic mass is 9.55. The highest BCUT2D eigenvalue weighted by molar-refractivity contribution is 6.15. The van der Waals surface area contributed by atoms with Gasteiger partial charge >= 0.3 is 0 Å². The summed E-state index contributed by atoms with van der Waals surface area (Å²) >= 11 is 0. The third kappa shape index (κ3) is 3.65. The SMILES string of the molecule is CC1=C[C@@H]2/C=C(/C)CC[C@H](O)C(=O)/C=C\C(=O)[C@]23C(=O)N[C@@H](CC(C)C)[C@@H]3[C@@H]1C. The molecule has 0 aromatic carbocycles. The van der Waals surface area contributed by atoms with E-state index < -0.39 is 17.3 Å². The van der Waals surface area contributed by atoms with E-state index in [0.717, 1.165) is 18.1 Å². The highest BCUT2D eigenvalue weighted by Crippen LogP contribution is 2.55. The molecule has 0 unspecified atom stereocenters. The Bertz CT molecular complexity index is 806. The van der Waals surface area contributed by atoms with Crippen molar-refractivity contribution in [3.8, 4) is 0 Å². The Labute approximate surface area is 173 Å². The summed E-state index contributed by atoms with van der Waals surface area (Å²) in [6, 6.07) is -0.0823. The third-order valence-electron chi connectivity index (χ3n) is 7.01. The van der Waals surface area contributed by atoms with E-state index in [0.29, 0.717) is 18.8 Å². The number of carbonyl (C=O) groups is 3. The number of carbonyl (C=O) groups excluding carboxylic acids is 3. The van der Waals surface area contributed by atoms with Crippen molar-refractivity contribution in [2.45, 2.75) is 66.0 Å². The Hall–Kier alpha value is -2.01. The van der Waals surface area contributed by atoms with Crippen LogP contribution in [-0.4, -0.2) is 34.7 Å². The average Bonchev–Trinajstić information content (AvgIpc) is 2.93. The molecule has 0 aromatic heterocycles. The fourth-order valence-corrected chi connectivity index (χ4v) is 5.45. The second kappa shape index (κ2) is 8.02. The van der Waals surface area contributed by atoms with E-state index >= 15 is 0 Å². The molecule has 0 radical (unpaired) electrons. The van der Waals surface area contributed by atoms with Gasteiger partial charge in [0.15, 0.2) is 11.6 Å². The van der Waals surface area contributed by atoms with Crippen LogP contribution >= 0.6 is 0 Å². The quantitative estimate of drug-likeness (QED) is 0.552. The molecule has 3 rings (SSSR count). The zero-order chi connectivity index (χ0) is 21.5. The van der Waals surface area contributed by atoms with E-state index in [1.807, 2.05) is 13.0 Å². The number of nitrogens with one attached hydrogen (secondary N) is 1. The molecule has 1 amide bonds. The summed E-state index contributed by atoms with van der Waals surface area (Å²) in [5.41, 5.74) is 0.923. The van der Waals surface area contributed by atoms with E-state index in [1.54, 1.807) is 0 Å². The maximum absolute atomic E-state index is 13.6. The molecule has 158 valence electrons. The third-order valence-corrected chi connectivity index (χ3v) is 7.01. The summed E-state index contributed by atoms with van der Waals surface area (Å²) in [6.45, 7) is 10.3. The summed E-state index contributed by atoms with van der Waals surface area (Å²) in [7, 11) is 0. The molecule has 1 saturated heterocycles. The standard InChI is InChI=1S/C24H33NO4/c1-13(2)10-18-22-16(5)15(4)12-17-11-14(3)6-7-19(26)20(27)8-9-21(28)24(17,22)23(29)25-18/h8-9,11-13,16-19,22,26H,6-7,10H2,1-5H3,(H,25,29)/b9-8-,14-11-/t16-,17+,18+,19+,22+,24-/m1/s1. The minimum Gasteiger partial charge on any atom is -0.385 e. The molecule has 3 aliphatic rings. The van der Waals surface area contributed by atoms with Crippen molar-refractivity contribution in [3.05, 3.63) is 35.5 Å². The predicted octanol–water partition coefficient (Wildman–Crippen LogP) is 3.14. The molecule has 5 heteroatoms.